The third-order valence-electron chi connectivity index (χ3n) is 1.99. The van der Waals surface area contributed by atoms with E-state index in [9.17, 15) is 5.21 Å². The molecule has 0 aromatic heterocycles. The van der Waals surface area contributed by atoms with Gasteiger partial charge in [0.05, 0.1) is 6.54 Å². The third-order valence-corrected chi connectivity index (χ3v) is 1.99. The molecule has 0 bridgehead atoms. The lowest BCUT2D eigenvalue weighted by atomic mass is 10.2. The number of rotatable bonds is 9. The first kappa shape index (κ1) is 13.2. The average Bonchev–Trinajstić information content (AvgIpc) is 2.20. The Balaban J connectivity index is 3.23. The Bertz CT molecular complexity index is 148. The largest absolute Gasteiger partial charge is 0.572 e. The van der Waals surface area contributed by atoms with Crippen molar-refractivity contribution in [3.8, 4) is 0 Å². The predicted octanol–water partition coefficient (Wildman–Crippen LogP) is 2.83. The summed E-state index contributed by atoms with van der Waals surface area (Å²) in [5.41, 5.74) is 2.65. The summed E-state index contributed by atoms with van der Waals surface area (Å²) in [4.78, 5) is 0.601. The molecule has 4 heteroatoms. The molecule has 0 fully saturated rings. The van der Waals surface area contributed by atoms with E-state index in [0.717, 1.165) is 12.8 Å². The quantitative estimate of drug-likeness (QED) is 0.270. The highest BCUT2D eigenvalue weighted by molar-refractivity contribution is 4.42. The molecule has 1 N–H and O–H groups in total. The smallest absolute Gasteiger partial charge is 0.106 e. The molecule has 0 aromatic rings. The molecule has 0 aliphatic rings. The Labute approximate surface area is 86.9 Å². The number of nitrogens with one attached hydrogen (secondary N) is 1. The van der Waals surface area contributed by atoms with E-state index in [2.05, 4.69) is 17.5 Å². The van der Waals surface area contributed by atoms with Crippen LogP contribution in [0.3, 0.4) is 0 Å². The van der Waals surface area contributed by atoms with E-state index >= 15 is 0 Å². The van der Waals surface area contributed by atoms with Gasteiger partial charge in [0.1, 0.15) is 6.54 Å². The maximum Gasteiger partial charge on any atom is 0.106 e. The van der Waals surface area contributed by atoms with E-state index in [0.29, 0.717) is 18.1 Å². The standard InChI is InChI=1S/C10H23N3O/c1-3-5-6-7-8-10-12-13(14)11-9-4-2/h3-10H2,1-2H3,(H,11,12). The molecule has 14 heavy (non-hydrogen) atoms. The van der Waals surface area contributed by atoms with Crippen molar-refractivity contribution in [2.45, 2.75) is 52.4 Å². The van der Waals surface area contributed by atoms with E-state index in [4.69, 9.17) is 0 Å². The molecule has 84 valence electrons. The van der Waals surface area contributed by atoms with Crippen molar-refractivity contribution in [1.82, 2.24) is 5.43 Å². The molecule has 0 rings (SSSR count). The third kappa shape index (κ3) is 9.29. The highest BCUT2D eigenvalue weighted by Gasteiger charge is 1.93. The molecular weight excluding hydrogens is 178 g/mol. The molecule has 4 nitrogen and oxygen atoms in total. The van der Waals surface area contributed by atoms with Crippen molar-refractivity contribution in [3.63, 3.8) is 0 Å². The number of hydrogen-bond donors (Lipinski definition) is 1. The molecule has 0 amide bonds. The summed E-state index contributed by atoms with van der Waals surface area (Å²) in [6, 6.07) is 0. The Morgan fingerprint density at radius 3 is 2.43 bits per heavy atom. The van der Waals surface area contributed by atoms with Crippen molar-refractivity contribution < 1.29 is 4.97 Å². The van der Waals surface area contributed by atoms with Crippen LogP contribution < -0.4 is 5.43 Å². The summed E-state index contributed by atoms with van der Waals surface area (Å²) >= 11 is 0. The average molecular weight is 201 g/mol. The second kappa shape index (κ2) is 10.3. The summed E-state index contributed by atoms with van der Waals surface area (Å²) in [7, 11) is 0. The second-order valence-electron chi connectivity index (χ2n) is 3.46. The molecule has 0 saturated heterocycles. The molecule has 0 heterocycles. The zero-order chi connectivity index (χ0) is 10.6. The fourth-order valence-electron chi connectivity index (χ4n) is 1.13. The van der Waals surface area contributed by atoms with E-state index < -0.39 is 0 Å². The Morgan fingerprint density at radius 1 is 1.07 bits per heavy atom. The van der Waals surface area contributed by atoms with Gasteiger partial charge in [-0.1, -0.05) is 39.5 Å². The zero-order valence-corrected chi connectivity index (χ0v) is 9.46. The van der Waals surface area contributed by atoms with Gasteiger partial charge in [0.15, 0.2) is 0 Å². The van der Waals surface area contributed by atoms with Crippen LogP contribution in [0.25, 0.3) is 0 Å². The minimum Gasteiger partial charge on any atom is -0.572 e. The fraction of sp³-hybridized carbons (Fsp3) is 1.00. The second-order valence-corrected chi connectivity index (χ2v) is 3.46. The molecule has 0 aliphatic carbocycles. The number of hydrogen-bond acceptors (Lipinski definition) is 2. The van der Waals surface area contributed by atoms with Gasteiger partial charge in [0.25, 0.3) is 0 Å². The topological polar surface area (TPSA) is 50.5 Å². The monoisotopic (exact) mass is 201 g/mol. The molecule has 0 aliphatic heterocycles. The summed E-state index contributed by atoms with van der Waals surface area (Å²) in [5.74, 6) is 0. The summed E-state index contributed by atoms with van der Waals surface area (Å²) < 4.78 is 0. The van der Waals surface area contributed by atoms with Gasteiger partial charge in [-0.2, -0.15) is 5.43 Å². The normalized spacial score (nSPS) is 11.7. The summed E-state index contributed by atoms with van der Waals surface area (Å²) in [5, 5.41) is 14.8. The van der Waals surface area contributed by atoms with Crippen molar-refractivity contribution >= 4 is 0 Å². The van der Waals surface area contributed by atoms with Crippen molar-refractivity contribution in [1.29, 1.82) is 0 Å². The lowest BCUT2D eigenvalue weighted by Gasteiger charge is -2.00. The van der Waals surface area contributed by atoms with Crippen LogP contribution in [0.5, 0.6) is 0 Å². The van der Waals surface area contributed by atoms with Gasteiger partial charge < -0.3 is 5.21 Å². The highest BCUT2D eigenvalue weighted by Crippen LogP contribution is 2.01. The first-order valence-electron chi connectivity index (χ1n) is 5.69. The Kier molecular flexibility index (Phi) is 9.69. The zero-order valence-electron chi connectivity index (χ0n) is 9.46. The number of nitrogens with zero attached hydrogens (tertiary/aromatic N) is 2. The lowest BCUT2D eigenvalue weighted by molar-refractivity contribution is -0.590. The molecule has 0 aromatic carbocycles. The Hall–Kier alpha value is -0.800. The van der Waals surface area contributed by atoms with Gasteiger partial charge >= 0.3 is 0 Å². The van der Waals surface area contributed by atoms with Crippen LogP contribution in [0, 0.1) is 5.21 Å². The molecule has 0 saturated carbocycles. The lowest BCUT2D eigenvalue weighted by Crippen LogP contribution is -2.23. The van der Waals surface area contributed by atoms with Crippen LogP contribution in [0.2, 0.25) is 0 Å². The van der Waals surface area contributed by atoms with Gasteiger partial charge in [0.2, 0.25) is 0 Å². The van der Waals surface area contributed by atoms with E-state index in [1.54, 1.807) is 0 Å². The number of hydrazine groups is 1. The van der Waals surface area contributed by atoms with Crippen molar-refractivity contribution in [2.75, 3.05) is 13.1 Å². The molecular formula is C10H23N3O. The highest BCUT2D eigenvalue weighted by atomic mass is 16.5. The molecule has 0 spiro atoms. The SMILES string of the molecule is CCCCCCC/N=[N+](\[O-])NCCC. The van der Waals surface area contributed by atoms with Crippen molar-refractivity contribution in [2.24, 2.45) is 5.11 Å². The van der Waals surface area contributed by atoms with E-state index in [1.165, 1.54) is 25.7 Å². The van der Waals surface area contributed by atoms with Gasteiger partial charge in [-0.25, -0.2) is 0 Å². The predicted molar refractivity (Wildman–Crippen MR) is 58.0 cm³/mol. The first-order valence-corrected chi connectivity index (χ1v) is 5.69. The van der Waals surface area contributed by atoms with Crippen LogP contribution in [0.1, 0.15) is 52.4 Å². The molecule has 0 unspecified atom stereocenters. The van der Waals surface area contributed by atoms with Crippen LogP contribution in [0.15, 0.2) is 5.11 Å². The summed E-state index contributed by atoms with van der Waals surface area (Å²) in [6.45, 7) is 5.55. The van der Waals surface area contributed by atoms with Gasteiger partial charge in [0, 0.05) is 4.97 Å². The van der Waals surface area contributed by atoms with Crippen LogP contribution in [-0.4, -0.2) is 18.1 Å². The van der Waals surface area contributed by atoms with Crippen LogP contribution in [0.4, 0.5) is 0 Å². The molecule has 0 atom stereocenters. The number of unbranched alkanes of at least 4 members (excludes halogenated alkanes) is 4. The van der Waals surface area contributed by atoms with Crippen LogP contribution in [-0.2, 0) is 0 Å². The Morgan fingerprint density at radius 2 is 1.79 bits per heavy atom. The first-order chi connectivity index (χ1) is 6.81. The maximum absolute atomic E-state index is 10.9. The van der Waals surface area contributed by atoms with E-state index in [-0.39, 0.29) is 0 Å². The van der Waals surface area contributed by atoms with Crippen molar-refractivity contribution in [3.05, 3.63) is 5.21 Å². The molecule has 0 radical (unpaired) electrons. The van der Waals surface area contributed by atoms with Gasteiger partial charge in [-0.15, -0.1) is 0 Å². The van der Waals surface area contributed by atoms with Gasteiger partial charge in [-0.3, -0.25) is 0 Å². The minimum atomic E-state index is 0.601. The van der Waals surface area contributed by atoms with Gasteiger partial charge in [-0.05, 0) is 18.0 Å². The fourth-order valence-corrected chi connectivity index (χ4v) is 1.13. The minimum absolute atomic E-state index is 0.601. The maximum atomic E-state index is 10.9. The van der Waals surface area contributed by atoms with Crippen LogP contribution >= 0.6 is 0 Å². The summed E-state index contributed by atoms with van der Waals surface area (Å²) in [6.07, 6.45) is 6.95. The van der Waals surface area contributed by atoms with E-state index in [1.807, 2.05) is 6.92 Å².